The molecule has 4 N–H and O–H groups in total. The Bertz CT molecular complexity index is 342. The van der Waals surface area contributed by atoms with Crippen molar-refractivity contribution in [3.05, 3.63) is 0 Å². The Morgan fingerprint density at radius 1 is 1.26 bits per heavy atom. The summed E-state index contributed by atoms with van der Waals surface area (Å²) in [5, 5.41) is 16.6. The van der Waals surface area contributed by atoms with Gasteiger partial charge >= 0.3 is 12.0 Å². The Labute approximate surface area is 112 Å². The van der Waals surface area contributed by atoms with E-state index in [1.54, 1.807) is 0 Å². The number of urea groups is 1. The topological polar surface area (TPSA) is 108 Å². The van der Waals surface area contributed by atoms with Gasteiger partial charge in [-0.25, -0.2) is 4.79 Å². The van der Waals surface area contributed by atoms with E-state index in [1.807, 2.05) is 6.92 Å². The third-order valence-electron chi connectivity index (χ3n) is 2.91. The summed E-state index contributed by atoms with van der Waals surface area (Å²) >= 11 is 0. The zero-order valence-electron chi connectivity index (χ0n) is 11.1. The number of amides is 3. The first kappa shape index (κ1) is 15.3. The minimum Gasteiger partial charge on any atom is -0.481 e. The molecular formula is C12H21N3O4. The molecule has 1 rings (SSSR count). The van der Waals surface area contributed by atoms with Crippen molar-refractivity contribution >= 4 is 17.9 Å². The Hall–Kier alpha value is -1.79. The van der Waals surface area contributed by atoms with Gasteiger partial charge in [-0.15, -0.1) is 0 Å². The second kappa shape index (κ2) is 7.60. The van der Waals surface area contributed by atoms with E-state index in [9.17, 15) is 14.4 Å². The van der Waals surface area contributed by atoms with Gasteiger partial charge in [0.25, 0.3) is 0 Å². The van der Waals surface area contributed by atoms with Crippen LogP contribution in [0.15, 0.2) is 0 Å². The molecule has 0 bridgehead atoms. The largest absolute Gasteiger partial charge is 0.481 e. The third-order valence-corrected chi connectivity index (χ3v) is 2.91. The molecule has 1 fully saturated rings. The lowest BCUT2D eigenvalue weighted by Crippen LogP contribution is -2.45. The zero-order valence-corrected chi connectivity index (χ0v) is 11.1. The van der Waals surface area contributed by atoms with Crippen molar-refractivity contribution in [1.29, 1.82) is 0 Å². The number of carboxylic acids is 1. The summed E-state index contributed by atoms with van der Waals surface area (Å²) in [5.41, 5.74) is 0. The first-order chi connectivity index (χ1) is 9.02. The van der Waals surface area contributed by atoms with Gasteiger partial charge in [-0.3, -0.25) is 9.59 Å². The molecule has 1 unspecified atom stereocenters. The molecule has 0 saturated heterocycles. The van der Waals surface area contributed by atoms with Gasteiger partial charge in [0.05, 0.1) is 6.42 Å². The van der Waals surface area contributed by atoms with E-state index in [0.29, 0.717) is 6.54 Å². The van der Waals surface area contributed by atoms with Gasteiger partial charge < -0.3 is 21.1 Å². The number of hydrogen-bond donors (Lipinski definition) is 4. The Balaban J connectivity index is 2.21. The van der Waals surface area contributed by atoms with Gasteiger partial charge in [0, 0.05) is 25.6 Å². The maximum Gasteiger partial charge on any atom is 0.315 e. The summed E-state index contributed by atoms with van der Waals surface area (Å²) in [6, 6.07) is -0.732. The van der Waals surface area contributed by atoms with Crippen LogP contribution in [0.2, 0.25) is 0 Å². The zero-order chi connectivity index (χ0) is 14.3. The second-order valence-corrected chi connectivity index (χ2v) is 4.65. The van der Waals surface area contributed by atoms with Gasteiger partial charge in [-0.1, -0.05) is 0 Å². The van der Waals surface area contributed by atoms with Crippen molar-refractivity contribution in [2.75, 3.05) is 13.1 Å². The highest BCUT2D eigenvalue weighted by molar-refractivity contribution is 5.78. The highest BCUT2D eigenvalue weighted by Gasteiger charge is 2.33. The van der Waals surface area contributed by atoms with E-state index >= 15 is 0 Å². The Kier molecular flexibility index (Phi) is 6.11. The highest BCUT2D eigenvalue weighted by Crippen LogP contribution is 2.33. The van der Waals surface area contributed by atoms with Crippen LogP contribution >= 0.6 is 0 Å². The van der Waals surface area contributed by atoms with Gasteiger partial charge in [-0.2, -0.15) is 0 Å². The summed E-state index contributed by atoms with van der Waals surface area (Å²) < 4.78 is 0. The fourth-order valence-corrected chi connectivity index (χ4v) is 1.82. The molecule has 19 heavy (non-hydrogen) atoms. The molecule has 0 aromatic carbocycles. The smallest absolute Gasteiger partial charge is 0.315 e. The van der Waals surface area contributed by atoms with Crippen LogP contribution in [0.4, 0.5) is 4.79 Å². The minimum atomic E-state index is -0.917. The third kappa shape index (κ3) is 6.64. The van der Waals surface area contributed by atoms with Gasteiger partial charge in [-0.05, 0) is 25.7 Å². The second-order valence-electron chi connectivity index (χ2n) is 4.65. The lowest BCUT2D eigenvalue weighted by molar-refractivity contribution is -0.137. The lowest BCUT2D eigenvalue weighted by atomic mass is 10.1. The molecule has 3 amide bonds. The van der Waals surface area contributed by atoms with Crippen molar-refractivity contribution < 1.29 is 19.5 Å². The Morgan fingerprint density at radius 3 is 2.47 bits per heavy atom. The predicted octanol–water partition coefficient (Wildman–Crippen LogP) is 0.0651. The standard InChI is InChI=1S/C12H21N3O4/c1-2-13-10(16)5-6-14-12(19)15-9(7-11(17)18)8-3-4-8/h8-9H,2-7H2,1H3,(H,13,16)(H,17,18)(H2,14,15,19). The minimum absolute atomic E-state index is 0.0611. The molecule has 1 saturated carbocycles. The molecule has 7 heteroatoms. The highest BCUT2D eigenvalue weighted by atomic mass is 16.4. The number of carboxylic acid groups (broad SMARTS) is 1. The molecule has 1 aliphatic rings. The van der Waals surface area contributed by atoms with E-state index in [2.05, 4.69) is 16.0 Å². The number of aliphatic carboxylic acids is 1. The number of nitrogens with one attached hydrogen (secondary N) is 3. The molecule has 1 aliphatic carbocycles. The predicted molar refractivity (Wildman–Crippen MR) is 68.6 cm³/mol. The monoisotopic (exact) mass is 271 g/mol. The molecule has 7 nitrogen and oxygen atoms in total. The molecule has 0 aromatic rings. The molecule has 108 valence electrons. The summed E-state index contributed by atoms with van der Waals surface area (Å²) in [4.78, 5) is 33.4. The van der Waals surface area contributed by atoms with Crippen molar-refractivity contribution in [2.45, 2.75) is 38.6 Å². The number of rotatable bonds is 8. The van der Waals surface area contributed by atoms with Crippen molar-refractivity contribution in [1.82, 2.24) is 16.0 Å². The van der Waals surface area contributed by atoms with E-state index in [0.717, 1.165) is 12.8 Å². The Morgan fingerprint density at radius 2 is 1.95 bits per heavy atom. The SMILES string of the molecule is CCNC(=O)CCNC(=O)NC(CC(=O)O)C1CC1. The van der Waals surface area contributed by atoms with Gasteiger partial charge in [0.15, 0.2) is 0 Å². The van der Waals surface area contributed by atoms with E-state index in [1.165, 1.54) is 0 Å². The van der Waals surface area contributed by atoms with Crippen LogP contribution in [0, 0.1) is 5.92 Å². The van der Waals surface area contributed by atoms with Crippen LogP contribution < -0.4 is 16.0 Å². The van der Waals surface area contributed by atoms with Gasteiger partial charge in [0.2, 0.25) is 5.91 Å². The summed E-state index contributed by atoms with van der Waals surface area (Å²) in [7, 11) is 0. The number of carbonyl (C=O) groups is 3. The van der Waals surface area contributed by atoms with E-state index in [4.69, 9.17) is 5.11 Å². The maximum atomic E-state index is 11.6. The quantitative estimate of drug-likeness (QED) is 0.501. The van der Waals surface area contributed by atoms with Crippen LogP contribution in [0.1, 0.15) is 32.6 Å². The molecule has 0 spiro atoms. The summed E-state index contributed by atoms with van der Waals surface area (Å²) in [6.45, 7) is 2.62. The fourth-order valence-electron chi connectivity index (χ4n) is 1.82. The van der Waals surface area contributed by atoms with E-state index < -0.39 is 12.0 Å². The van der Waals surface area contributed by atoms with Crippen LogP contribution in [0.5, 0.6) is 0 Å². The van der Waals surface area contributed by atoms with Crippen molar-refractivity contribution in [3.63, 3.8) is 0 Å². The summed E-state index contributed by atoms with van der Waals surface area (Å²) in [5.74, 6) is -0.767. The number of hydrogen-bond acceptors (Lipinski definition) is 3. The van der Waals surface area contributed by atoms with Crippen LogP contribution in [-0.4, -0.2) is 42.1 Å². The van der Waals surface area contributed by atoms with E-state index in [-0.39, 0.29) is 37.3 Å². The number of carbonyl (C=O) groups excluding carboxylic acids is 2. The first-order valence-corrected chi connectivity index (χ1v) is 6.55. The normalized spacial score (nSPS) is 15.4. The molecular weight excluding hydrogens is 250 g/mol. The molecule has 0 aromatic heterocycles. The van der Waals surface area contributed by atoms with Crippen molar-refractivity contribution in [2.24, 2.45) is 5.92 Å². The molecule has 0 heterocycles. The fraction of sp³-hybridized carbons (Fsp3) is 0.750. The first-order valence-electron chi connectivity index (χ1n) is 6.55. The average Bonchev–Trinajstić information content (AvgIpc) is 3.11. The summed E-state index contributed by atoms with van der Waals surface area (Å²) in [6.07, 6.45) is 2.07. The molecule has 0 radical (unpaired) electrons. The molecule has 0 aliphatic heterocycles. The van der Waals surface area contributed by atoms with Gasteiger partial charge in [0.1, 0.15) is 0 Å². The van der Waals surface area contributed by atoms with Crippen LogP contribution in [0.3, 0.4) is 0 Å². The lowest BCUT2D eigenvalue weighted by Gasteiger charge is -2.16. The van der Waals surface area contributed by atoms with Crippen LogP contribution in [0.25, 0.3) is 0 Å². The van der Waals surface area contributed by atoms with Crippen LogP contribution in [-0.2, 0) is 9.59 Å². The average molecular weight is 271 g/mol. The molecule has 1 atom stereocenters. The van der Waals surface area contributed by atoms with Crippen molar-refractivity contribution in [3.8, 4) is 0 Å². The maximum absolute atomic E-state index is 11.6.